The van der Waals surface area contributed by atoms with Crippen LogP contribution < -0.4 is 5.32 Å². The van der Waals surface area contributed by atoms with E-state index in [1.165, 1.54) is 11.3 Å². The van der Waals surface area contributed by atoms with Gasteiger partial charge in [0.25, 0.3) is 0 Å². The van der Waals surface area contributed by atoms with Crippen LogP contribution in [0.25, 0.3) is 10.6 Å². The lowest BCUT2D eigenvalue weighted by Gasteiger charge is -2.08. The lowest BCUT2D eigenvalue weighted by molar-refractivity contribution is 0.0986. The molecule has 1 aliphatic heterocycles. The molecule has 4 nitrogen and oxygen atoms in total. The summed E-state index contributed by atoms with van der Waals surface area (Å²) in [6, 6.07) is 3.82. The van der Waals surface area contributed by atoms with E-state index in [4.69, 9.17) is 0 Å². The second-order valence-electron chi connectivity index (χ2n) is 3.56. The summed E-state index contributed by atoms with van der Waals surface area (Å²) >= 11 is 1.46. The highest BCUT2D eigenvalue weighted by molar-refractivity contribution is 7.17. The molecule has 16 heavy (non-hydrogen) atoms. The summed E-state index contributed by atoms with van der Waals surface area (Å²) in [5.74, 6) is 0.133. The summed E-state index contributed by atoms with van der Waals surface area (Å²) in [5.41, 5.74) is 1.83. The first-order chi connectivity index (χ1) is 7.84. The molecule has 0 fully saturated rings. The van der Waals surface area contributed by atoms with Gasteiger partial charge in [0.2, 0.25) is 0 Å². The summed E-state index contributed by atoms with van der Waals surface area (Å²) < 4.78 is 0. The van der Waals surface area contributed by atoms with Gasteiger partial charge in [0.15, 0.2) is 5.78 Å². The van der Waals surface area contributed by atoms with Crippen molar-refractivity contribution in [3.8, 4) is 10.6 Å². The van der Waals surface area contributed by atoms with Crippen LogP contribution >= 0.6 is 11.3 Å². The molecule has 0 unspecified atom stereocenters. The van der Waals surface area contributed by atoms with Crippen LogP contribution in [0.2, 0.25) is 0 Å². The Morgan fingerprint density at radius 2 is 2.31 bits per heavy atom. The number of thiazole rings is 1. The maximum Gasteiger partial charge on any atom is 0.188 e. The molecule has 80 valence electrons. The largest absolute Gasteiger partial charge is 0.304 e. The molecular weight excluding hydrogens is 222 g/mol. The number of fused-ring (bicyclic) bond motifs is 1. The van der Waals surface area contributed by atoms with Gasteiger partial charge in [-0.1, -0.05) is 0 Å². The molecule has 1 aliphatic rings. The van der Waals surface area contributed by atoms with E-state index in [2.05, 4.69) is 15.3 Å². The van der Waals surface area contributed by atoms with Crippen molar-refractivity contribution in [2.45, 2.75) is 6.54 Å². The summed E-state index contributed by atoms with van der Waals surface area (Å²) in [4.78, 5) is 20.9. The Morgan fingerprint density at radius 3 is 3.06 bits per heavy atom. The Hall–Kier alpha value is -1.59. The average molecular weight is 231 g/mol. The van der Waals surface area contributed by atoms with Crippen molar-refractivity contribution < 1.29 is 4.79 Å². The fourth-order valence-electron chi connectivity index (χ4n) is 1.68. The molecule has 0 bridgehead atoms. The van der Waals surface area contributed by atoms with Crippen LogP contribution in [0.1, 0.15) is 15.4 Å². The number of Topliss-reactive ketones (excluding diaryl/α,β-unsaturated/α-hetero) is 1. The van der Waals surface area contributed by atoms with Crippen LogP contribution in [0.4, 0.5) is 0 Å². The zero-order valence-corrected chi connectivity index (χ0v) is 9.25. The number of hydrogen-bond donors (Lipinski definition) is 1. The SMILES string of the molecule is O=C1CNCc2nc(-c3cccnc3)sc21. The van der Waals surface area contributed by atoms with Gasteiger partial charge >= 0.3 is 0 Å². The zero-order valence-electron chi connectivity index (χ0n) is 8.43. The molecule has 1 N–H and O–H groups in total. The van der Waals surface area contributed by atoms with Gasteiger partial charge in [0.1, 0.15) is 5.01 Å². The molecule has 2 aromatic rings. The minimum absolute atomic E-state index is 0.133. The van der Waals surface area contributed by atoms with Crippen LogP contribution in [0.3, 0.4) is 0 Å². The predicted octanol–water partition coefficient (Wildman–Crippen LogP) is 1.49. The number of carbonyl (C=O) groups excluding carboxylic acids is 1. The van der Waals surface area contributed by atoms with E-state index in [1.807, 2.05) is 12.1 Å². The number of carbonyl (C=O) groups is 1. The van der Waals surface area contributed by atoms with Crippen molar-refractivity contribution in [2.24, 2.45) is 0 Å². The first-order valence-corrected chi connectivity index (χ1v) is 5.80. The number of hydrogen-bond acceptors (Lipinski definition) is 5. The molecule has 5 heteroatoms. The Morgan fingerprint density at radius 1 is 1.38 bits per heavy atom. The minimum atomic E-state index is 0.133. The highest BCUT2D eigenvalue weighted by Crippen LogP contribution is 2.29. The molecule has 0 radical (unpaired) electrons. The van der Waals surface area contributed by atoms with Crippen molar-refractivity contribution in [1.82, 2.24) is 15.3 Å². The van der Waals surface area contributed by atoms with Gasteiger partial charge < -0.3 is 5.32 Å². The van der Waals surface area contributed by atoms with Crippen LogP contribution in [-0.4, -0.2) is 22.3 Å². The Balaban J connectivity index is 2.08. The van der Waals surface area contributed by atoms with Gasteiger partial charge in [0.05, 0.1) is 17.1 Å². The van der Waals surface area contributed by atoms with Crippen molar-refractivity contribution in [1.29, 1.82) is 0 Å². The number of aromatic nitrogens is 2. The Kier molecular flexibility index (Phi) is 2.27. The molecular formula is C11H9N3OS. The second kappa shape index (κ2) is 3.77. The monoisotopic (exact) mass is 231 g/mol. The van der Waals surface area contributed by atoms with E-state index in [1.54, 1.807) is 12.4 Å². The highest BCUT2D eigenvalue weighted by Gasteiger charge is 2.22. The molecule has 3 rings (SSSR count). The standard InChI is InChI=1S/C11H9N3OS/c15-9-6-13-5-8-10(9)16-11(14-8)7-2-1-3-12-4-7/h1-4,13H,5-6H2. The number of rotatable bonds is 1. The number of nitrogens with zero attached hydrogens (tertiary/aromatic N) is 2. The van der Waals surface area contributed by atoms with Gasteiger partial charge in [-0.15, -0.1) is 11.3 Å². The Labute approximate surface area is 96.4 Å². The van der Waals surface area contributed by atoms with Gasteiger partial charge in [-0.05, 0) is 12.1 Å². The molecule has 0 aromatic carbocycles. The van der Waals surface area contributed by atoms with Crippen molar-refractivity contribution in [2.75, 3.05) is 6.54 Å². The van der Waals surface area contributed by atoms with Gasteiger partial charge in [0, 0.05) is 24.5 Å². The van der Waals surface area contributed by atoms with E-state index in [0.717, 1.165) is 21.1 Å². The lowest BCUT2D eigenvalue weighted by atomic mass is 10.2. The van der Waals surface area contributed by atoms with Gasteiger partial charge in [-0.2, -0.15) is 0 Å². The maximum absolute atomic E-state index is 11.6. The molecule has 0 atom stereocenters. The minimum Gasteiger partial charge on any atom is -0.304 e. The van der Waals surface area contributed by atoms with Crippen molar-refractivity contribution >= 4 is 17.1 Å². The quantitative estimate of drug-likeness (QED) is 0.808. The molecule has 0 aliphatic carbocycles. The third-order valence-electron chi connectivity index (χ3n) is 2.44. The number of ketones is 1. The van der Waals surface area contributed by atoms with Crippen LogP contribution in [-0.2, 0) is 6.54 Å². The van der Waals surface area contributed by atoms with Gasteiger partial charge in [-0.3, -0.25) is 9.78 Å². The molecule has 0 saturated carbocycles. The molecule has 0 amide bonds. The smallest absolute Gasteiger partial charge is 0.188 e. The number of pyridine rings is 1. The molecule has 2 aromatic heterocycles. The third-order valence-corrected chi connectivity index (χ3v) is 3.62. The first-order valence-electron chi connectivity index (χ1n) is 4.98. The Bertz CT molecular complexity index is 535. The summed E-state index contributed by atoms with van der Waals surface area (Å²) in [5, 5.41) is 3.91. The fourth-order valence-corrected chi connectivity index (χ4v) is 2.69. The number of nitrogens with one attached hydrogen (secondary N) is 1. The first kappa shape index (κ1) is 9.62. The lowest BCUT2D eigenvalue weighted by Crippen LogP contribution is -2.28. The zero-order chi connectivity index (χ0) is 11.0. The van der Waals surface area contributed by atoms with E-state index < -0.39 is 0 Å². The third kappa shape index (κ3) is 1.54. The summed E-state index contributed by atoms with van der Waals surface area (Å²) in [6.07, 6.45) is 3.49. The molecule has 0 saturated heterocycles. The average Bonchev–Trinajstić information content (AvgIpc) is 2.76. The fraction of sp³-hybridized carbons (Fsp3) is 0.182. The topological polar surface area (TPSA) is 54.9 Å². The van der Waals surface area contributed by atoms with Crippen molar-refractivity contribution in [3.63, 3.8) is 0 Å². The predicted molar refractivity (Wildman–Crippen MR) is 61.4 cm³/mol. The summed E-state index contributed by atoms with van der Waals surface area (Å²) in [7, 11) is 0. The van der Waals surface area contributed by atoms with Crippen LogP contribution in [0.15, 0.2) is 24.5 Å². The van der Waals surface area contributed by atoms with E-state index in [9.17, 15) is 4.79 Å². The molecule has 0 spiro atoms. The normalized spacial score (nSPS) is 14.9. The highest BCUT2D eigenvalue weighted by atomic mass is 32.1. The maximum atomic E-state index is 11.6. The van der Waals surface area contributed by atoms with E-state index in [0.29, 0.717) is 13.1 Å². The second-order valence-corrected chi connectivity index (χ2v) is 4.56. The van der Waals surface area contributed by atoms with E-state index >= 15 is 0 Å². The summed E-state index contributed by atoms with van der Waals surface area (Å²) in [6.45, 7) is 1.10. The van der Waals surface area contributed by atoms with Crippen LogP contribution in [0, 0.1) is 0 Å². The van der Waals surface area contributed by atoms with E-state index in [-0.39, 0.29) is 5.78 Å². The van der Waals surface area contributed by atoms with Gasteiger partial charge in [-0.25, -0.2) is 4.98 Å². The van der Waals surface area contributed by atoms with Crippen LogP contribution in [0.5, 0.6) is 0 Å². The molecule has 3 heterocycles. The van der Waals surface area contributed by atoms with Crippen molar-refractivity contribution in [3.05, 3.63) is 35.1 Å².